The van der Waals surface area contributed by atoms with Gasteiger partial charge in [0.05, 0.1) is 17.0 Å². The van der Waals surface area contributed by atoms with Crippen molar-refractivity contribution in [3.8, 4) is 0 Å². The average Bonchev–Trinajstić information content (AvgIpc) is 2.96. The number of rotatable bonds is 2. The quantitative estimate of drug-likeness (QED) is 0.886. The maximum Gasteiger partial charge on any atom is 0.257 e. The van der Waals surface area contributed by atoms with Gasteiger partial charge in [0.15, 0.2) is 0 Å². The van der Waals surface area contributed by atoms with Crippen LogP contribution in [0.5, 0.6) is 0 Å². The van der Waals surface area contributed by atoms with Gasteiger partial charge in [-0.15, -0.1) is 4.40 Å². The number of fused-ring (bicyclic) bond motifs is 2. The standard InChI is InChI=1S/C17H16N4O3S/c1-20-8-7-13-14(3-2-4-15(13)20)18-17(22)12-5-6-16-19-25(23,24)10-9-21(16)11-12/h2-8,11H,9-10H2,1H3,(H,18,22). The largest absolute Gasteiger partial charge is 0.350 e. The van der Waals surface area contributed by atoms with E-state index in [-0.39, 0.29) is 18.2 Å². The van der Waals surface area contributed by atoms with E-state index in [0.717, 1.165) is 16.6 Å². The van der Waals surface area contributed by atoms with Crippen molar-refractivity contribution in [2.24, 2.45) is 11.4 Å². The summed E-state index contributed by atoms with van der Waals surface area (Å²) >= 11 is 0. The van der Waals surface area contributed by atoms with Gasteiger partial charge in [-0.05, 0) is 30.4 Å². The van der Waals surface area contributed by atoms with Crippen LogP contribution in [0.25, 0.3) is 10.9 Å². The van der Waals surface area contributed by atoms with Gasteiger partial charge in [0, 0.05) is 36.9 Å². The first kappa shape index (κ1) is 15.6. The average molecular weight is 356 g/mol. The van der Waals surface area contributed by atoms with Gasteiger partial charge < -0.3 is 14.8 Å². The Morgan fingerprint density at radius 1 is 1.24 bits per heavy atom. The molecule has 128 valence electrons. The molecule has 0 aliphatic carbocycles. The lowest BCUT2D eigenvalue weighted by molar-refractivity contribution is -0.112. The number of nitrogens with zero attached hydrogens (tertiary/aromatic N) is 3. The number of amides is 1. The zero-order chi connectivity index (χ0) is 17.6. The van der Waals surface area contributed by atoms with Crippen LogP contribution in [-0.4, -0.2) is 41.9 Å². The number of hydrogen-bond donors (Lipinski definition) is 1. The van der Waals surface area contributed by atoms with Gasteiger partial charge in [0.1, 0.15) is 5.84 Å². The normalized spacial score (nSPS) is 18.5. The second kappa shape index (κ2) is 5.59. The fraction of sp³-hybridized carbons (Fsp3) is 0.176. The predicted molar refractivity (Wildman–Crippen MR) is 96.7 cm³/mol. The number of nitrogens with one attached hydrogen (secondary N) is 1. The van der Waals surface area contributed by atoms with E-state index in [1.807, 2.05) is 42.1 Å². The van der Waals surface area contributed by atoms with Crippen LogP contribution in [-0.2, 0) is 21.9 Å². The number of hydrogen-bond acceptors (Lipinski definition) is 4. The summed E-state index contributed by atoms with van der Waals surface area (Å²) in [6, 6.07) is 7.69. The molecule has 0 bridgehead atoms. The Balaban J connectivity index is 1.60. The second-order valence-corrected chi connectivity index (χ2v) is 7.72. The number of benzene rings is 1. The monoisotopic (exact) mass is 356 g/mol. The van der Waals surface area contributed by atoms with E-state index in [0.29, 0.717) is 11.4 Å². The zero-order valence-corrected chi connectivity index (χ0v) is 14.3. The number of aryl methyl sites for hydroxylation is 1. The SMILES string of the molecule is Cn1ccc2c(NC(=O)C3=CN4CCS(=O)(=O)N=C4C=C3)cccc21. The van der Waals surface area contributed by atoms with Crippen LogP contribution in [0, 0.1) is 0 Å². The summed E-state index contributed by atoms with van der Waals surface area (Å²) in [5, 5.41) is 3.89. The molecule has 8 heteroatoms. The molecule has 0 saturated carbocycles. The van der Waals surface area contributed by atoms with Crippen LogP contribution in [0.1, 0.15) is 0 Å². The molecule has 2 aromatic rings. The number of anilines is 1. The van der Waals surface area contributed by atoms with Crippen molar-refractivity contribution in [1.82, 2.24) is 9.47 Å². The van der Waals surface area contributed by atoms with E-state index < -0.39 is 10.0 Å². The van der Waals surface area contributed by atoms with Crippen LogP contribution in [0.4, 0.5) is 5.69 Å². The summed E-state index contributed by atoms with van der Waals surface area (Å²) in [4.78, 5) is 14.3. The van der Waals surface area contributed by atoms with Crippen molar-refractivity contribution in [2.75, 3.05) is 17.6 Å². The smallest absolute Gasteiger partial charge is 0.257 e. The Kier molecular flexibility index (Phi) is 3.50. The fourth-order valence-electron chi connectivity index (χ4n) is 2.94. The van der Waals surface area contributed by atoms with Crippen molar-refractivity contribution in [3.05, 3.63) is 54.4 Å². The van der Waals surface area contributed by atoms with E-state index in [9.17, 15) is 13.2 Å². The van der Waals surface area contributed by atoms with Crippen molar-refractivity contribution in [2.45, 2.75) is 0 Å². The summed E-state index contributed by atoms with van der Waals surface area (Å²) in [6.45, 7) is 0.288. The Labute approximate surface area is 145 Å². The van der Waals surface area contributed by atoms with E-state index in [1.54, 1.807) is 23.3 Å². The molecule has 0 radical (unpaired) electrons. The van der Waals surface area contributed by atoms with Gasteiger partial charge in [0.2, 0.25) is 0 Å². The predicted octanol–water partition coefficient (Wildman–Crippen LogP) is 1.61. The maximum absolute atomic E-state index is 12.6. The molecule has 3 heterocycles. The number of aromatic nitrogens is 1. The molecule has 1 aromatic carbocycles. The van der Waals surface area contributed by atoms with Gasteiger partial charge in [0.25, 0.3) is 15.9 Å². The number of carbonyl (C=O) groups is 1. The van der Waals surface area contributed by atoms with E-state index >= 15 is 0 Å². The molecule has 1 amide bonds. The summed E-state index contributed by atoms with van der Waals surface area (Å²) in [5.41, 5.74) is 2.21. The van der Waals surface area contributed by atoms with Gasteiger partial charge in [-0.3, -0.25) is 4.79 Å². The molecule has 1 N–H and O–H groups in total. The molecule has 1 aromatic heterocycles. The highest BCUT2D eigenvalue weighted by Gasteiger charge is 2.25. The highest BCUT2D eigenvalue weighted by Crippen LogP contribution is 2.25. The highest BCUT2D eigenvalue weighted by atomic mass is 32.2. The highest BCUT2D eigenvalue weighted by molar-refractivity contribution is 7.90. The minimum atomic E-state index is -3.40. The topological polar surface area (TPSA) is 83.8 Å². The molecular weight excluding hydrogens is 340 g/mol. The molecule has 2 aliphatic heterocycles. The van der Waals surface area contributed by atoms with Crippen molar-refractivity contribution in [3.63, 3.8) is 0 Å². The molecule has 0 atom stereocenters. The van der Waals surface area contributed by atoms with Crippen LogP contribution in [0.2, 0.25) is 0 Å². The first-order valence-corrected chi connectivity index (χ1v) is 9.38. The van der Waals surface area contributed by atoms with Crippen LogP contribution in [0.3, 0.4) is 0 Å². The molecule has 0 unspecified atom stereocenters. The van der Waals surface area contributed by atoms with Gasteiger partial charge in [-0.1, -0.05) is 6.07 Å². The van der Waals surface area contributed by atoms with Gasteiger partial charge in [-0.25, -0.2) is 8.42 Å². The molecule has 4 rings (SSSR count). The van der Waals surface area contributed by atoms with Gasteiger partial charge >= 0.3 is 0 Å². The van der Waals surface area contributed by atoms with Gasteiger partial charge in [-0.2, -0.15) is 0 Å². The lowest BCUT2D eigenvalue weighted by atomic mass is 10.1. The molecule has 0 saturated heterocycles. The van der Waals surface area contributed by atoms with Crippen molar-refractivity contribution in [1.29, 1.82) is 0 Å². The fourth-order valence-corrected chi connectivity index (χ4v) is 3.91. The van der Waals surface area contributed by atoms with Crippen LogP contribution < -0.4 is 5.32 Å². The maximum atomic E-state index is 12.6. The zero-order valence-electron chi connectivity index (χ0n) is 13.5. The molecule has 25 heavy (non-hydrogen) atoms. The molecule has 7 nitrogen and oxygen atoms in total. The summed E-state index contributed by atoms with van der Waals surface area (Å²) in [6.07, 6.45) is 6.70. The van der Waals surface area contributed by atoms with E-state index in [4.69, 9.17) is 0 Å². The molecule has 0 spiro atoms. The minimum Gasteiger partial charge on any atom is -0.350 e. The van der Waals surface area contributed by atoms with Crippen LogP contribution in [0.15, 0.2) is 58.8 Å². The third-order valence-corrected chi connectivity index (χ3v) is 5.43. The third kappa shape index (κ3) is 2.85. The Hall–Kier alpha value is -2.87. The second-order valence-electron chi connectivity index (χ2n) is 5.97. The molecular formula is C17H16N4O3S. The van der Waals surface area contributed by atoms with Crippen LogP contribution >= 0.6 is 0 Å². The van der Waals surface area contributed by atoms with E-state index in [1.165, 1.54) is 0 Å². The third-order valence-electron chi connectivity index (χ3n) is 4.26. The number of sulfonamides is 1. The minimum absolute atomic E-state index is 0.0565. The Morgan fingerprint density at radius 2 is 2.08 bits per heavy atom. The molecule has 0 fully saturated rings. The number of amidine groups is 1. The number of carbonyl (C=O) groups excluding carboxylic acids is 1. The summed E-state index contributed by atoms with van der Waals surface area (Å²) < 4.78 is 28.8. The lowest BCUT2D eigenvalue weighted by Gasteiger charge is -2.27. The summed E-state index contributed by atoms with van der Waals surface area (Å²) in [7, 11) is -1.45. The first-order valence-electron chi connectivity index (χ1n) is 7.77. The first-order chi connectivity index (χ1) is 11.9. The van der Waals surface area contributed by atoms with E-state index in [2.05, 4.69) is 9.71 Å². The molecule has 2 aliphatic rings. The van der Waals surface area contributed by atoms with Crippen molar-refractivity contribution < 1.29 is 13.2 Å². The summed E-state index contributed by atoms with van der Waals surface area (Å²) in [5.74, 6) is 0.0343. The Morgan fingerprint density at radius 3 is 2.92 bits per heavy atom. The van der Waals surface area contributed by atoms with Crippen molar-refractivity contribution >= 4 is 38.4 Å². The Bertz CT molecular complexity index is 1080. The lowest BCUT2D eigenvalue weighted by Crippen LogP contribution is -2.37.